The molecule has 6 aromatic carbocycles. The Morgan fingerprint density at radius 2 is 0.916 bits per heavy atom. The highest BCUT2D eigenvalue weighted by Gasteiger charge is 2.21. The number of nitrogens with two attached hydrogens (primary N) is 1. The first-order valence-electron chi connectivity index (χ1n) is 25.5. The number of anilines is 7. The zero-order valence-electron chi connectivity index (χ0n) is 45.4. The fraction of sp³-hybridized carbons (Fsp3) is 0.200. The van der Waals surface area contributed by atoms with Gasteiger partial charge in [-0.1, -0.05) is 36.0 Å². The van der Waals surface area contributed by atoms with E-state index in [0.29, 0.717) is 108 Å². The van der Waals surface area contributed by atoms with Crippen molar-refractivity contribution < 1.29 is 43.0 Å². The molecule has 0 bridgehead atoms. The molecule has 22 nitrogen and oxygen atoms in total. The van der Waals surface area contributed by atoms with Gasteiger partial charge in [0.05, 0.1) is 69.3 Å². The number of halogens is 1. The van der Waals surface area contributed by atoms with Crippen molar-refractivity contribution >= 4 is 84.3 Å². The van der Waals surface area contributed by atoms with Crippen molar-refractivity contribution in [2.24, 2.45) is 0 Å². The van der Waals surface area contributed by atoms with Crippen molar-refractivity contribution in [1.82, 2.24) is 29.9 Å². The smallest absolute Gasteiger partial charge is 0.311 e. The Hall–Kier alpha value is -10.6. The highest BCUT2D eigenvalue weighted by atomic mass is 19.1. The molecular weight excluding hydrogens is 1070 g/mol. The minimum Gasteiger partial charge on any atom is -0.489 e. The summed E-state index contributed by atoms with van der Waals surface area (Å²) in [6.45, 7) is 9.68. The van der Waals surface area contributed by atoms with E-state index in [1.165, 1.54) is 31.1 Å². The molecule has 0 aliphatic rings. The van der Waals surface area contributed by atoms with Gasteiger partial charge in [-0.25, -0.2) is 29.9 Å². The van der Waals surface area contributed by atoms with Gasteiger partial charge < -0.3 is 50.5 Å². The lowest BCUT2D eigenvalue weighted by molar-refractivity contribution is -0.387. The number of nitro benzene ring substituents is 2. The zero-order chi connectivity index (χ0) is 59.5. The van der Waals surface area contributed by atoms with E-state index in [1.807, 2.05) is 57.2 Å². The standard InChI is InChI=1S/C20H18N4O4.C20H20N4O2.C16H9FN4O2.C4H10O2/c1-3-14-6-5-7-15(10-14)23-20-16-11-18(24(25)26)19(28-9-8-27-4-2)12-17(16)21-13-22-20;1-3-14-6-5-7-15(10-14)24-20-16-11-17(21)19(26-9-8-25-4-2)12-18(16)22-13-23-20;1-2-10-4-3-5-11(6-10)20-16-12-7-15(21(22)23)13(17)8-14(12)18-9-19-16;1-2-6-4-3-5/h1,5-7,10-13H,4,8-9H2,2H3,(H,21,22,23);1,5-7,10-13H,4,8-9,21H2,2H3,(H,22,23,24);1,3-9H,(H,18,19,20);5H,2-4H2,1H3. The number of nitrogens with one attached hydrogen (secondary N) is 3. The lowest BCUT2D eigenvalue weighted by Crippen LogP contribution is -2.08. The molecule has 0 unspecified atom stereocenters. The molecule has 0 spiro atoms. The van der Waals surface area contributed by atoms with Gasteiger partial charge in [0.25, 0.3) is 0 Å². The monoisotopic (exact) mass is 1120 g/mol. The summed E-state index contributed by atoms with van der Waals surface area (Å²) < 4.78 is 40.1. The van der Waals surface area contributed by atoms with Crippen molar-refractivity contribution in [2.45, 2.75) is 20.8 Å². The molecule has 83 heavy (non-hydrogen) atoms. The van der Waals surface area contributed by atoms with Gasteiger partial charge in [-0.3, -0.25) is 20.2 Å². The average molecular weight is 1130 g/mol. The SMILES string of the molecule is C#Cc1cccc(Nc2ncnc3cc(F)c([N+](=O)[O-])cc23)c1.C#Cc1cccc(Nc2ncnc3cc(OCCOCC)c(N)cc23)c1.C#Cc1cccc(Nc2ncnc3cc(OCCOCC)c([N+](=O)[O-])cc23)c1.CCOCCO. The summed E-state index contributed by atoms with van der Waals surface area (Å²) in [6, 6.07) is 30.5. The van der Waals surface area contributed by atoms with E-state index in [4.69, 9.17) is 53.8 Å². The lowest BCUT2D eigenvalue weighted by atomic mass is 10.1. The molecule has 424 valence electrons. The van der Waals surface area contributed by atoms with E-state index in [1.54, 1.807) is 48.5 Å². The molecule has 0 saturated carbocycles. The average Bonchev–Trinajstić information content (AvgIpc) is 3.55. The maximum atomic E-state index is 13.7. The summed E-state index contributed by atoms with van der Waals surface area (Å²) in [5.74, 6) is 8.87. The second kappa shape index (κ2) is 31.8. The third-order valence-corrected chi connectivity index (χ3v) is 11.3. The number of aliphatic hydroxyl groups is 1. The third-order valence-electron chi connectivity index (χ3n) is 11.3. The van der Waals surface area contributed by atoms with E-state index in [9.17, 15) is 24.6 Å². The Morgan fingerprint density at radius 1 is 0.530 bits per heavy atom. The minimum absolute atomic E-state index is 0.133. The Kier molecular flexibility index (Phi) is 23.6. The molecule has 0 radical (unpaired) electrons. The number of rotatable bonds is 21. The van der Waals surface area contributed by atoms with Gasteiger partial charge in [-0.2, -0.15) is 4.39 Å². The van der Waals surface area contributed by atoms with Crippen LogP contribution in [0, 0.1) is 63.1 Å². The van der Waals surface area contributed by atoms with E-state index >= 15 is 0 Å². The van der Waals surface area contributed by atoms with Crippen LogP contribution in [0.15, 0.2) is 128 Å². The minimum atomic E-state index is -0.943. The largest absolute Gasteiger partial charge is 0.489 e. The highest BCUT2D eigenvalue weighted by molar-refractivity contribution is 5.96. The van der Waals surface area contributed by atoms with Gasteiger partial charge in [0.15, 0.2) is 5.75 Å². The van der Waals surface area contributed by atoms with Crippen molar-refractivity contribution in [3.8, 4) is 48.5 Å². The summed E-state index contributed by atoms with van der Waals surface area (Å²) in [5.41, 5.74) is 11.8. The summed E-state index contributed by atoms with van der Waals surface area (Å²) in [7, 11) is 0. The summed E-state index contributed by atoms with van der Waals surface area (Å²) in [6.07, 6.45) is 20.4. The summed E-state index contributed by atoms with van der Waals surface area (Å²) in [4.78, 5) is 46.2. The maximum absolute atomic E-state index is 13.7. The number of aromatic nitrogens is 6. The number of hydrogen-bond donors (Lipinski definition) is 5. The molecule has 0 amide bonds. The molecule has 23 heteroatoms. The Balaban J connectivity index is 0.000000191. The molecule has 9 rings (SSSR count). The molecule has 0 saturated heterocycles. The van der Waals surface area contributed by atoms with Crippen molar-refractivity contribution in [3.05, 3.63) is 171 Å². The number of nitrogens with zero attached hydrogens (tertiary/aromatic N) is 8. The zero-order valence-corrected chi connectivity index (χ0v) is 45.4. The number of aliphatic hydroxyl groups excluding tert-OH is 1. The van der Waals surface area contributed by atoms with Crippen LogP contribution < -0.4 is 31.2 Å². The van der Waals surface area contributed by atoms with Crippen molar-refractivity contribution in [1.29, 1.82) is 0 Å². The fourth-order valence-electron chi connectivity index (χ4n) is 7.45. The molecule has 0 fully saturated rings. The molecule has 0 aliphatic heterocycles. The molecule has 6 N–H and O–H groups in total. The fourth-order valence-corrected chi connectivity index (χ4v) is 7.45. The molecular formula is C60H57FN12O10. The number of nitro groups is 2. The van der Waals surface area contributed by atoms with Crippen LogP contribution in [0.1, 0.15) is 37.5 Å². The Labute approximate surface area is 476 Å². The van der Waals surface area contributed by atoms with Gasteiger partial charge >= 0.3 is 11.4 Å². The first-order valence-corrected chi connectivity index (χ1v) is 25.5. The summed E-state index contributed by atoms with van der Waals surface area (Å²) >= 11 is 0. The van der Waals surface area contributed by atoms with E-state index in [-0.39, 0.29) is 30.2 Å². The van der Waals surface area contributed by atoms with Crippen LogP contribution in [0.3, 0.4) is 0 Å². The molecule has 0 aliphatic carbocycles. The molecule has 3 heterocycles. The number of ether oxygens (including phenoxy) is 5. The number of benzene rings is 6. The van der Waals surface area contributed by atoms with Gasteiger partial charge in [-0.15, -0.1) is 19.3 Å². The second-order valence-corrected chi connectivity index (χ2v) is 16.8. The first kappa shape index (κ1) is 61.6. The number of fused-ring (bicyclic) bond motifs is 3. The van der Waals surface area contributed by atoms with Gasteiger partial charge in [0.2, 0.25) is 5.82 Å². The van der Waals surface area contributed by atoms with Crippen LogP contribution in [0.2, 0.25) is 0 Å². The first-order chi connectivity index (χ1) is 40.3. The Morgan fingerprint density at radius 3 is 1.31 bits per heavy atom. The van der Waals surface area contributed by atoms with E-state index in [0.717, 1.165) is 40.0 Å². The van der Waals surface area contributed by atoms with Crippen LogP contribution in [-0.2, 0) is 14.2 Å². The predicted molar refractivity (Wildman–Crippen MR) is 317 cm³/mol. The molecule has 3 aromatic heterocycles. The van der Waals surface area contributed by atoms with Gasteiger partial charge in [0.1, 0.15) is 55.4 Å². The van der Waals surface area contributed by atoms with E-state index in [2.05, 4.69) is 63.6 Å². The van der Waals surface area contributed by atoms with Crippen LogP contribution in [0.4, 0.5) is 56.0 Å². The second-order valence-electron chi connectivity index (χ2n) is 16.8. The van der Waals surface area contributed by atoms with Crippen LogP contribution in [0.25, 0.3) is 32.7 Å². The third kappa shape index (κ3) is 17.9. The molecule has 9 aromatic rings. The lowest BCUT2D eigenvalue weighted by Gasteiger charge is -2.12. The van der Waals surface area contributed by atoms with Crippen LogP contribution >= 0.6 is 0 Å². The number of terminal acetylenes is 3. The van der Waals surface area contributed by atoms with Crippen molar-refractivity contribution in [3.63, 3.8) is 0 Å². The predicted octanol–water partition coefficient (Wildman–Crippen LogP) is 10.4. The van der Waals surface area contributed by atoms with Gasteiger partial charge in [0, 0.05) is 89.3 Å². The van der Waals surface area contributed by atoms with E-state index < -0.39 is 21.4 Å². The summed E-state index contributed by atoms with van der Waals surface area (Å²) in [5, 5.41) is 41.5. The van der Waals surface area contributed by atoms with Crippen molar-refractivity contribution in [2.75, 3.05) is 81.1 Å². The quantitative estimate of drug-likeness (QED) is 0.0147. The van der Waals surface area contributed by atoms with Crippen LogP contribution in [0.5, 0.6) is 11.5 Å². The van der Waals surface area contributed by atoms with Crippen LogP contribution in [-0.4, -0.2) is 104 Å². The maximum Gasteiger partial charge on any atom is 0.311 e. The highest BCUT2D eigenvalue weighted by Crippen LogP contribution is 2.36. The normalized spacial score (nSPS) is 10.3. The Bertz CT molecular complexity index is 3810. The topological polar surface area (TPSA) is 292 Å². The molecule has 0 atom stereocenters. The number of nitrogen functional groups attached to an aromatic ring is 1. The number of hydrogen-bond acceptors (Lipinski definition) is 20. The van der Waals surface area contributed by atoms with Gasteiger partial charge in [-0.05, 0) is 81.4 Å².